The number of aliphatic imine (C=N–C) groups is 1. The predicted molar refractivity (Wildman–Crippen MR) is 106 cm³/mol. The molecule has 8 nitrogen and oxygen atoms in total. The van der Waals surface area contributed by atoms with Crippen molar-refractivity contribution in [3.63, 3.8) is 0 Å². The van der Waals surface area contributed by atoms with E-state index in [1.165, 1.54) is 0 Å². The van der Waals surface area contributed by atoms with E-state index in [2.05, 4.69) is 20.7 Å². The van der Waals surface area contributed by atoms with Gasteiger partial charge in [0.15, 0.2) is 5.96 Å². The molecular weight excluding hydrogens is 346 g/mol. The van der Waals surface area contributed by atoms with E-state index in [0.717, 1.165) is 49.0 Å². The molecule has 0 radical (unpaired) electrons. The Hall–Kier alpha value is -2.90. The number of rotatable bonds is 10. The summed E-state index contributed by atoms with van der Waals surface area (Å²) >= 11 is 0. The van der Waals surface area contributed by atoms with E-state index >= 15 is 0 Å². The first kappa shape index (κ1) is 20.4. The van der Waals surface area contributed by atoms with Gasteiger partial charge in [-0.15, -0.1) is 0 Å². The minimum Gasteiger partial charge on any atom is -0.496 e. The molecule has 0 unspecified atom stereocenters. The Morgan fingerprint density at radius 1 is 1.07 bits per heavy atom. The second-order valence-corrected chi connectivity index (χ2v) is 5.81. The van der Waals surface area contributed by atoms with E-state index < -0.39 is 0 Å². The Morgan fingerprint density at radius 2 is 1.78 bits per heavy atom. The van der Waals surface area contributed by atoms with Crippen LogP contribution in [0.4, 0.5) is 0 Å². The summed E-state index contributed by atoms with van der Waals surface area (Å²) in [6.07, 6.45) is 5.44. The zero-order valence-corrected chi connectivity index (χ0v) is 16.5. The summed E-state index contributed by atoms with van der Waals surface area (Å²) in [5.74, 6) is 2.96. The topological polar surface area (TPSA) is 81.9 Å². The lowest BCUT2D eigenvalue weighted by atomic mass is 10.1. The normalized spacial score (nSPS) is 11.2. The van der Waals surface area contributed by atoms with E-state index in [0.29, 0.717) is 12.3 Å². The van der Waals surface area contributed by atoms with E-state index in [1.807, 2.05) is 29.1 Å². The van der Waals surface area contributed by atoms with Crippen LogP contribution in [0.25, 0.3) is 0 Å². The van der Waals surface area contributed by atoms with Crippen LogP contribution in [0.5, 0.6) is 17.2 Å². The number of hydrogen-bond acceptors (Lipinski definition) is 5. The molecular formula is C19H29N5O3. The maximum atomic E-state index is 5.49. The zero-order chi connectivity index (χ0) is 19.5. The number of nitrogens with zero attached hydrogens (tertiary/aromatic N) is 3. The molecule has 0 amide bonds. The van der Waals surface area contributed by atoms with Crippen molar-refractivity contribution in [3.05, 3.63) is 36.2 Å². The highest BCUT2D eigenvalue weighted by molar-refractivity contribution is 5.79. The highest BCUT2D eigenvalue weighted by Crippen LogP contribution is 2.34. The maximum Gasteiger partial charge on any atom is 0.190 e. The predicted octanol–water partition coefficient (Wildman–Crippen LogP) is 1.71. The van der Waals surface area contributed by atoms with Crippen LogP contribution < -0.4 is 24.8 Å². The molecule has 0 aliphatic rings. The van der Waals surface area contributed by atoms with Crippen molar-refractivity contribution in [1.29, 1.82) is 0 Å². The van der Waals surface area contributed by atoms with Crippen LogP contribution >= 0.6 is 0 Å². The van der Waals surface area contributed by atoms with Gasteiger partial charge in [-0.25, -0.2) is 0 Å². The van der Waals surface area contributed by atoms with E-state index in [-0.39, 0.29) is 0 Å². The summed E-state index contributed by atoms with van der Waals surface area (Å²) in [7, 11) is 6.67. The summed E-state index contributed by atoms with van der Waals surface area (Å²) in [4.78, 5) is 4.26. The number of hydrogen-bond donors (Lipinski definition) is 2. The minimum atomic E-state index is 0.692. The molecule has 2 N–H and O–H groups in total. The fourth-order valence-electron chi connectivity index (χ4n) is 2.73. The van der Waals surface area contributed by atoms with Gasteiger partial charge in [-0.2, -0.15) is 5.10 Å². The molecule has 0 saturated carbocycles. The third-order valence-electron chi connectivity index (χ3n) is 4.12. The molecule has 1 aromatic heterocycles. The summed E-state index contributed by atoms with van der Waals surface area (Å²) in [5, 5.41) is 10.8. The van der Waals surface area contributed by atoms with Crippen LogP contribution in [0, 0.1) is 0 Å². The number of aryl methyl sites for hydroxylation is 1. The monoisotopic (exact) mass is 375 g/mol. The van der Waals surface area contributed by atoms with Gasteiger partial charge in [0.05, 0.1) is 21.3 Å². The fourth-order valence-corrected chi connectivity index (χ4v) is 2.73. The first-order valence-electron chi connectivity index (χ1n) is 8.92. The van der Waals surface area contributed by atoms with Gasteiger partial charge in [0, 0.05) is 56.8 Å². The first-order chi connectivity index (χ1) is 13.2. The van der Waals surface area contributed by atoms with E-state index in [1.54, 1.807) is 34.6 Å². The smallest absolute Gasteiger partial charge is 0.190 e. The molecule has 0 atom stereocenters. The molecule has 0 bridgehead atoms. The lowest BCUT2D eigenvalue weighted by Gasteiger charge is -2.16. The van der Waals surface area contributed by atoms with Crippen molar-refractivity contribution < 1.29 is 14.2 Å². The van der Waals surface area contributed by atoms with Crippen molar-refractivity contribution in [3.8, 4) is 17.2 Å². The van der Waals surface area contributed by atoms with Crippen LogP contribution in [0.2, 0.25) is 0 Å². The quantitative estimate of drug-likeness (QED) is 0.374. The minimum absolute atomic E-state index is 0.692. The lowest BCUT2D eigenvalue weighted by molar-refractivity contribution is 0.368. The van der Waals surface area contributed by atoms with E-state index in [9.17, 15) is 0 Å². The molecule has 8 heteroatoms. The average Bonchev–Trinajstić information content (AvgIpc) is 3.22. The molecule has 2 aromatic rings. The SMILES string of the molecule is CN=C(NCCCn1cccn1)NCCc1c(OC)cc(OC)cc1OC. The van der Waals surface area contributed by atoms with Gasteiger partial charge in [-0.1, -0.05) is 0 Å². The second-order valence-electron chi connectivity index (χ2n) is 5.81. The van der Waals surface area contributed by atoms with Gasteiger partial charge >= 0.3 is 0 Å². The Bertz CT molecular complexity index is 691. The second kappa shape index (κ2) is 10.9. The Kier molecular flexibility index (Phi) is 8.28. The molecule has 2 rings (SSSR count). The van der Waals surface area contributed by atoms with E-state index in [4.69, 9.17) is 14.2 Å². The third kappa shape index (κ3) is 6.09. The van der Waals surface area contributed by atoms with Crippen LogP contribution in [-0.2, 0) is 13.0 Å². The molecule has 1 aromatic carbocycles. The van der Waals surface area contributed by atoms with Crippen LogP contribution in [-0.4, -0.2) is 57.2 Å². The van der Waals surface area contributed by atoms with Crippen molar-refractivity contribution in [2.75, 3.05) is 41.5 Å². The standard InChI is InChI=1S/C19H29N5O3/c1-20-19(21-8-5-11-24-12-6-9-23-24)22-10-7-16-17(26-3)13-15(25-2)14-18(16)27-4/h6,9,12-14H,5,7-8,10-11H2,1-4H3,(H2,20,21,22). The van der Waals surface area contributed by atoms with Gasteiger partial charge < -0.3 is 24.8 Å². The molecule has 0 aliphatic heterocycles. The highest BCUT2D eigenvalue weighted by Gasteiger charge is 2.13. The number of nitrogens with one attached hydrogen (secondary N) is 2. The van der Waals surface area contributed by atoms with Crippen molar-refractivity contribution in [2.24, 2.45) is 4.99 Å². The summed E-state index contributed by atoms with van der Waals surface area (Å²) in [5.41, 5.74) is 0.988. The zero-order valence-electron chi connectivity index (χ0n) is 16.5. The molecule has 148 valence electrons. The number of aromatic nitrogens is 2. The van der Waals surface area contributed by atoms with Gasteiger partial charge in [0.1, 0.15) is 17.2 Å². The number of benzene rings is 1. The summed E-state index contributed by atoms with van der Waals surface area (Å²) < 4.78 is 18.2. The Balaban J connectivity index is 1.83. The lowest BCUT2D eigenvalue weighted by Crippen LogP contribution is -2.39. The average molecular weight is 375 g/mol. The van der Waals surface area contributed by atoms with Gasteiger partial charge in [-0.3, -0.25) is 9.67 Å². The summed E-state index contributed by atoms with van der Waals surface area (Å²) in [6, 6.07) is 5.65. The molecule has 27 heavy (non-hydrogen) atoms. The molecule has 1 heterocycles. The molecule has 0 aliphatic carbocycles. The van der Waals surface area contributed by atoms with Gasteiger partial charge in [0.25, 0.3) is 0 Å². The van der Waals surface area contributed by atoms with Crippen molar-refractivity contribution in [2.45, 2.75) is 19.4 Å². The van der Waals surface area contributed by atoms with Crippen molar-refractivity contribution >= 4 is 5.96 Å². The van der Waals surface area contributed by atoms with Crippen molar-refractivity contribution in [1.82, 2.24) is 20.4 Å². The fraction of sp³-hybridized carbons (Fsp3) is 0.474. The van der Waals surface area contributed by atoms with Crippen LogP contribution in [0.3, 0.4) is 0 Å². The van der Waals surface area contributed by atoms with Gasteiger partial charge in [0.2, 0.25) is 0 Å². The third-order valence-corrected chi connectivity index (χ3v) is 4.12. The largest absolute Gasteiger partial charge is 0.496 e. The molecule has 0 fully saturated rings. The summed E-state index contributed by atoms with van der Waals surface area (Å²) in [6.45, 7) is 2.38. The molecule has 0 spiro atoms. The number of methoxy groups -OCH3 is 3. The Labute approximate surface area is 160 Å². The van der Waals surface area contributed by atoms with Crippen LogP contribution in [0.1, 0.15) is 12.0 Å². The van der Waals surface area contributed by atoms with Gasteiger partial charge in [-0.05, 0) is 18.9 Å². The molecule has 0 saturated heterocycles. The Morgan fingerprint density at radius 3 is 2.33 bits per heavy atom. The highest BCUT2D eigenvalue weighted by atomic mass is 16.5. The van der Waals surface area contributed by atoms with Crippen LogP contribution in [0.15, 0.2) is 35.6 Å². The number of ether oxygens (including phenoxy) is 3. The maximum absolute atomic E-state index is 5.49. The number of guanidine groups is 1. The first-order valence-corrected chi connectivity index (χ1v) is 8.92.